The Bertz CT molecular complexity index is 993. The van der Waals surface area contributed by atoms with E-state index in [0.29, 0.717) is 16.3 Å². The number of carbonyl (C=O) groups is 2. The van der Waals surface area contributed by atoms with E-state index in [1.807, 2.05) is 47.2 Å². The molecule has 2 N–H and O–H groups in total. The Kier molecular flexibility index (Phi) is 5.68. The van der Waals surface area contributed by atoms with E-state index in [1.54, 1.807) is 30.5 Å². The van der Waals surface area contributed by atoms with E-state index in [2.05, 4.69) is 15.8 Å². The van der Waals surface area contributed by atoms with Gasteiger partial charge < -0.3 is 9.88 Å². The molecule has 7 heteroatoms. The molecule has 2 amide bonds. The van der Waals surface area contributed by atoms with Crippen LogP contribution in [0.25, 0.3) is 5.69 Å². The lowest BCUT2D eigenvalue weighted by atomic mass is 10.2. The topological polar surface area (TPSA) is 75.5 Å². The zero-order valence-corrected chi connectivity index (χ0v) is 15.3. The van der Waals surface area contributed by atoms with Gasteiger partial charge in [0, 0.05) is 35.1 Å². The summed E-state index contributed by atoms with van der Waals surface area (Å²) in [6.45, 7) is 1.41. The highest BCUT2D eigenvalue weighted by Gasteiger charge is 2.06. The van der Waals surface area contributed by atoms with Gasteiger partial charge in [0.2, 0.25) is 5.91 Å². The van der Waals surface area contributed by atoms with E-state index in [4.69, 9.17) is 11.6 Å². The van der Waals surface area contributed by atoms with E-state index >= 15 is 0 Å². The number of hydrazone groups is 1. The molecule has 2 aromatic carbocycles. The van der Waals surface area contributed by atoms with Gasteiger partial charge in [-0.05, 0) is 54.6 Å². The molecule has 6 nitrogen and oxygen atoms in total. The highest BCUT2D eigenvalue weighted by Crippen LogP contribution is 2.15. The number of anilines is 1. The zero-order chi connectivity index (χ0) is 19.2. The van der Waals surface area contributed by atoms with Gasteiger partial charge in [0.25, 0.3) is 5.91 Å². The molecule has 1 aromatic heterocycles. The van der Waals surface area contributed by atoms with Gasteiger partial charge in [-0.25, -0.2) is 5.43 Å². The third-order valence-corrected chi connectivity index (χ3v) is 3.95. The van der Waals surface area contributed by atoms with Crippen LogP contribution in [-0.2, 0) is 4.79 Å². The molecule has 27 heavy (non-hydrogen) atoms. The Morgan fingerprint density at radius 1 is 1.07 bits per heavy atom. The van der Waals surface area contributed by atoms with Crippen molar-refractivity contribution in [3.05, 3.63) is 83.1 Å². The van der Waals surface area contributed by atoms with Crippen LogP contribution < -0.4 is 10.7 Å². The highest BCUT2D eigenvalue weighted by molar-refractivity contribution is 6.30. The number of rotatable bonds is 5. The molecule has 1 heterocycles. The largest absolute Gasteiger partial charge is 0.326 e. The van der Waals surface area contributed by atoms with Gasteiger partial charge >= 0.3 is 0 Å². The van der Waals surface area contributed by atoms with Crippen LogP contribution in [0.1, 0.15) is 23.0 Å². The van der Waals surface area contributed by atoms with Crippen LogP contribution in [0.4, 0.5) is 5.69 Å². The monoisotopic (exact) mass is 380 g/mol. The number of nitrogens with one attached hydrogen (secondary N) is 2. The van der Waals surface area contributed by atoms with Crippen molar-refractivity contribution in [1.29, 1.82) is 0 Å². The minimum Gasteiger partial charge on any atom is -0.326 e. The van der Waals surface area contributed by atoms with E-state index in [1.165, 1.54) is 6.92 Å². The smallest absolute Gasteiger partial charge is 0.271 e. The molecule has 0 aliphatic carbocycles. The quantitative estimate of drug-likeness (QED) is 0.521. The number of carbonyl (C=O) groups excluding carboxylic acids is 2. The average molecular weight is 381 g/mol. The van der Waals surface area contributed by atoms with E-state index in [-0.39, 0.29) is 11.8 Å². The number of hydrogen-bond acceptors (Lipinski definition) is 3. The Morgan fingerprint density at radius 2 is 1.85 bits per heavy atom. The van der Waals surface area contributed by atoms with Crippen LogP contribution in [0, 0.1) is 0 Å². The molecule has 0 radical (unpaired) electrons. The lowest BCUT2D eigenvalue weighted by Gasteiger charge is -2.06. The van der Waals surface area contributed by atoms with Crippen LogP contribution in [0.3, 0.4) is 0 Å². The molecular weight excluding hydrogens is 364 g/mol. The molecule has 0 atom stereocenters. The summed E-state index contributed by atoms with van der Waals surface area (Å²) in [5.74, 6) is -0.573. The molecule has 0 saturated carbocycles. The third-order valence-electron chi connectivity index (χ3n) is 3.69. The first-order chi connectivity index (χ1) is 13.0. The minimum absolute atomic E-state index is 0.200. The molecule has 3 rings (SSSR count). The summed E-state index contributed by atoms with van der Waals surface area (Å²) in [4.78, 5) is 23.4. The van der Waals surface area contributed by atoms with Crippen molar-refractivity contribution in [3.63, 3.8) is 0 Å². The molecule has 136 valence electrons. The summed E-state index contributed by atoms with van der Waals surface area (Å²) >= 11 is 5.92. The molecule has 0 bridgehead atoms. The fourth-order valence-electron chi connectivity index (χ4n) is 2.50. The number of benzene rings is 2. The van der Waals surface area contributed by atoms with Gasteiger partial charge in [0.1, 0.15) is 0 Å². The van der Waals surface area contributed by atoms with Crippen molar-refractivity contribution >= 4 is 35.3 Å². The van der Waals surface area contributed by atoms with Crippen LogP contribution in [0.2, 0.25) is 5.02 Å². The zero-order valence-electron chi connectivity index (χ0n) is 14.5. The molecule has 3 aromatic rings. The summed E-state index contributed by atoms with van der Waals surface area (Å²) in [5, 5.41) is 7.33. The van der Waals surface area contributed by atoms with Crippen molar-refractivity contribution in [2.75, 3.05) is 5.32 Å². The maximum Gasteiger partial charge on any atom is 0.271 e. The van der Waals surface area contributed by atoms with Gasteiger partial charge in [-0.1, -0.05) is 17.7 Å². The van der Waals surface area contributed by atoms with Crippen molar-refractivity contribution < 1.29 is 9.59 Å². The Labute approximate surface area is 161 Å². The summed E-state index contributed by atoms with van der Waals surface area (Å²) < 4.78 is 1.92. The Morgan fingerprint density at radius 3 is 2.59 bits per heavy atom. The standard InChI is InChI=1S/C20H17ClN4O2/c1-14(26)23-17-5-2-4-15(12-17)20(27)24-22-13-19-6-3-11-25(19)18-9-7-16(21)8-10-18/h2-13H,1H3,(H,23,26)(H,24,27)/b22-13-. The molecule has 0 spiro atoms. The molecular formula is C20H17ClN4O2. The summed E-state index contributed by atoms with van der Waals surface area (Å²) in [6.07, 6.45) is 3.45. The Hall–Kier alpha value is -3.38. The number of amides is 2. The average Bonchev–Trinajstić information content (AvgIpc) is 3.10. The van der Waals surface area contributed by atoms with Gasteiger partial charge in [-0.15, -0.1) is 0 Å². The van der Waals surface area contributed by atoms with Gasteiger partial charge in [-0.3, -0.25) is 9.59 Å². The first-order valence-electron chi connectivity index (χ1n) is 8.17. The molecule has 0 saturated heterocycles. The Balaban J connectivity index is 1.70. The van der Waals surface area contributed by atoms with Crippen LogP contribution in [0.5, 0.6) is 0 Å². The van der Waals surface area contributed by atoms with Crippen molar-refractivity contribution in [3.8, 4) is 5.69 Å². The van der Waals surface area contributed by atoms with Crippen molar-refractivity contribution in [2.45, 2.75) is 6.92 Å². The highest BCUT2D eigenvalue weighted by atomic mass is 35.5. The van der Waals surface area contributed by atoms with Gasteiger partial charge in [-0.2, -0.15) is 5.10 Å². The maximum absolute atomic E-state index is 12.2. The predicted octanol–water partition coefficient (Wildman–Crippen LogP) is 3.85. The molecule has 0 aliphatic rings. The maximum atomic E-state index is 12.2. The second-order valence-electron chi connectivity index (χ2n) is 5.74. The van der Waals surface area contributed by atoms with Gasteiger partial charge in [0.15, 0.2) is 0 Å². The summed E-state index contributed by atoms with van der Waals surface area (Å²) in [6, 6.07) is 17.8. The lowest BCUT2D eigenvalue weighted by molar-refractivity contribution is -0.114. The van der Waals surface area contributed by atoms with Crippen molar-refractivity contribution in [1.82, 2.24) is 9.99 Å². The second kappa shape index (κ2) is 8.33. The van der Waals surface area contributed by atoms with Crippen molar-refractivity contribution in [2.24, 2.45) is 5.10 Å². The van der Waals surface area contributed by atoms with Crippen LogP contribution in [-0.4, -0.2) is 22.6 Å². The normalized spacial score (nSPS) is 10.7. The molecule has 0 aliphatic heterocycles. The van der Waals surface area contributed by atoms with E-state index in [0.717, 1.165) is 11.4 Å². The second-order valence-corrected chi connectivity index (χ2v) is 6.18. The van der Waals surface area contributed by atoms with Crippen LogP contribution in [0.15, 0.2) is 72.0 Å². The third kappa shape index (κ3) is 4.83. The van der Waals surface area contributed by atoms with Gasteiger partial charge in [0.05, 0.1) is 11.9 Å². The fourth-order valence-corrected chi connectivity index (χ4v) is 2.63. The first kappa shape index (κ1) is 18.4. The number of halogens is 1. The molecule has 0 fully saturated rings. The minimum atomic E-state index is -0.372. The summed E-state index contributed by atoms with van der Waals surface area (Å²) in [7, 11) is 0. The number of hydrogen-bond donors (Lipinski definition) is 2. The van der Waals surface area contributed by atoms with Crippen LogP contribution >= 0.6 is 11.6 Å². The predicted molar refractivity (Wildman–Crippen MR) is 107 cm³/mol. The van der Waals surface area contributed by atoms with E-state index < -0.39 is 0 Å². The molecule has 0 unspecified atom stereocenters. The number of nitrogens with zero attached hydrogens (tertiary/aromatic N) is 2. The summed E-state index contributed by atoms with van der Waals surface area (Å²) in [5.41, 5.74) is 5.16. The van der Waals surface area contributed by atoms with E-state index in [9.17, 15) is 9.59 Å². The lowest BCUT2D eigenvalue weighted by Crippen LogP contribution is -2.18. The SMILES string of the molecule is CC(=O)Nc1cccc(C(=O)N/N=C\c2cccn2-c2ccc(Cl)cc2)c1. The first-order valence-corrected chi connectivity index (χ1v) is 8.55. The fraction of sp³-hybridized carbons (Fsp3) is 0.0500. The number of aromatic nitrogens is 1.